The van der Waals surface area contributed by atoms with Gasteiger partial charge < -0.3 is 19.5 Å². The first-order valence-electron chi connectivity index (χ1n) is 13.1. The first kappa shape index (κ1) is 25.1. The molecule has 2 heterocycles. The van der Waals surface area contributed by atoms with Crippen molar-refractivity contribution in [1.29, 1.82) is 0 Å². The normalized spacial score (nSPS) is 16.3. The van der Waals surface area contributed by atoms with Gasteiger partial charge in [0.15, 0.2) is 0 Å². The van der Waals surface area contributed by atoms with E-state index in [-0.39, 0.29) is 5.91 Å². The molecule has 0 saturated carbocycles. The highest BCUT2D eigenvalue weighted by Gasteiger charge is 2.20. The summed E-state index contributed by atoms with van der Waals surface area (Å²) >= 11 is 0. The van der Waals surface area contributed by atoms with E-state index in [4.69, 9.17) is 4.74 Å². The SMILES string of the molecule is CCCn1c(C2=CCCC=C2)cc(C(=O)NCCCN2CCN(c3ccc(OC)cc3)CC2)c1C. The summed E-state index contributed by atoms with van der Waals surface area (Å²) < 4.78 is 7.57. The Balaban J connectivity index is 1.24. The molecule has 0 radical (unpaired) electrons. The predicted octanol–water partition coefficient (Wildman–Crippen LogP) is 4.89. The Morgan fingerprint density at radius 3 is 2.49 bits per heavy atom. The quantitative estimate of drug-likeness (QED) is 0.496. The van der Waals surface area contributed by atoms with Crippen LogP contribution in [0.5, 0.6) is 5.75 Å². The topological polar surface area (TPSA) is 49.7 Å². The number of ether oxygens (including phenoxy) is 1. The Morgan fingerprint density at radius 2 is 1.83 bits per heavy atom. The van der Waals surface area contributed by atoms with Gasteiger partial charge in [0.05, 0.1) is 12.7 Å². The Labute approximate surface area is 210 Å². The number of allylic oxidation sites excluding steroid dienone is 4. The molecule has 4 rings (SSSR count). The van der Waals surface area contributed by atoms with Crippen LogP contribution < -0.4 is 15.0 Å². The van der Waals surface area contributed by atoms with Crippen LogP contribution in [0.2, 0.25) is 0 Å². The maximum atomic E-state index is 13.0. The number of nitrogens with zero attached hydrogens (tertiary/aromatic N) is 3. The molecule has 2 aliphatic rings. The molecule has 0 unspecified atom stereocenters. The molecule has 1 aliphatic heterocycles. The molecule has 35 heavy (non-hydrogen) atoms. The van der Waals surface area contributed by atoms with Gasteiger partial charge in [0.2, 0.25) is 0 Å². The fourth-order valence-electron chi connectivity index (χ4n) is 5.05. The highest BCUT2D eigenvalue weighted by Crippen LogP contribution is 2.27. The molecule has 6 heteroatoms. The number of amides is 1. The summed E-state index contributed by atoms with van der Waals surface area (Å²) in [5.74, 6) is 0.939. The van der Waals surface area contributed by atoms with Gasteiger partial charge in [-0.15, -0.1) is 0 Å². The van der Waals surface area contributed by atoms with Crippen LogP contribution >= 0.6 is 0 Å². The Morgan fingerprint density at radius 1 is 1.06 bits per heavy atom. The van der Waals surface area contributed by atoms with Crippen LogP contribution in [-0.4, -0.2) is 61.8 Å². The van der Waals surface area contributed by atoms with E-state index in [0.717, 1.165) is 82.0 Å². The molecule has 1 aromatic carbocycles. The number of benzene rings is 1. The van der Waals surface area contributed by atoms with Crippen molar-refractivity contribution in [2.45, 2.75) is 46.1 Å². The summed E-state index contributed by atoms with van der Waals surface area (Å²) in [5, 5.41) is 3.17. The van der Waals surface area contributed by atoms with Crippen LogP contribution in [0.15, 0.2) is 48.6 Å². The number of aromatic nitrogens is 1. The summed E-state index contributed by atoms with van der Waals surface area (Å²) in [5.41, 5.74) is 5.53. The first-order chi connectivity index (χ1) is 17.1. The summed E-state index contributed by atoms with van der Waals surface area (Å²) in [6.07, 6.45) is 10.9. The number of hydrogen-bond acceptors (Lipinski definition) is 4. The third-order valence-electron chi connectivity index (χ3n) is 7.10. The van der Waals surface area contributed by atoms with Gasteiger partial charge in [-0.25, -0.2) is 0 Å². The van der Waals surface area contributed by atoms with Crippen LogP contribution in [0.25, 0.3) is 5.57 Å². The third kappa shape index (κ3) is 6.17. The van der Waals surface area contributed by atoms with Crippen molar-refractivity contribution in [3.63, 3.8) is 0 Å². The van der Waals surface area contributed by atoms with E-state index >= 15 is 0 Å². The fraction of sp³-hybridized carbons (Fsp3) is 0.483. The monoisotopic (exact) mass is 476 g/mol. The summed E-state index contributed by atoms with van der Waals surface area (Å²) in [7, 11) is 1.70. The average Bonchev–Trinajstić information content (AvgIpc) is 3.23. The number of piperazine rings is 1. The number of carbonyl (C=O) groups is 1. The molecule has 1 saturated heterocycles. The number of nitrogens with one attached hydrogen (secondary N) is 1. The van der Waals surface area contributed by atoms with Crippen molar-refractivity contribution >= 4 is 17.2 Å². The van der Waals surface area contributed by atoms with Gasteiger partial charge in [0, 0.05) is 56.3 Å². The molecule has 1 amide bonds. The molecule has 1 aromatic heterocycles. The zero-order valence-electron chi connectivity index (χ0n) is 21.6. The highest BCUT2D eigenvalue weighted by atomic mass is 16.5. The molecule has 0 bridgehead atoms. The maximum absolute atomic E-state index is 13.0. The third-order valence-corrected chi connectivity index (χ3v) is 7.10. The molecule has 0 spiro atoms. The summed E-state index contributed by atoms with van der Waals surface area (Å²) in [6.45, 7) is 11.0. The molecule has 6 nitrogen and oxygen atoms in total. The van der Waals surface area contributed by atoms with Gasteiger partial charge in [-0.05, 0) is 75.1 Å². The van der Waals surface area contributed by atoms with Crippen molar-refractivity contribution in [2.75, 3.05) is 51.3 Å². The molecule has 188 valence electrons. The Hall–Kier alpha value is -2.99. The molecular weight excluding hydrogens is 436 g/mol. The summed E-state index contributed by atoms with van der Waals surface area (Å²) in [4.78, 5) is 17.9. The van der Waals surface area contributed by atoms with E-state index in [2.05, 4.69) is 70.0 Å². The molecule has 2 aromatic rings. The van der Waals surface area contributed by atoms with Gasteiger partial charge in [0.1, 0.15) is 5.75 Å². The second-order valence-corrected chi connectivity index (χ2v) is 9.46. The lowest BCUT2D eigenvalue weighted by atomic mass is 10.0. The standard InChI is InChI=1S/C29H40N4O2/c1-4-16-33-23(2)27(22-28(33)24-9-6-5-7-10-24)29(34)30-15-8-17-31-18-20-32(21-19-31)25-11-13-26(35-3)14-12-25/h6,9-14,22H,4-5,7-8,15-21H2,1-3H3,(H,30,34). The first-order valence-corrected chi connectivity index (χ1v) is 13.1. The molecule has 1 aliphatic carbocycles. The van der Waals surface area contributed by atoms with Crippen molar-refractivity contribution in [3.8, 4) is 5.75 Å². The van der Waals surface area contributed by atoms with Crippen LogP contribution in [0.1, 0.15) is 54.4 Å². The smallest absolute Gasteiger partial charge is 0.253 e. The van der Waals surface area contributed by atoms with Crippen LogP contribution in [0, 0.1) is 6.92 Å². The van der Waals surface area contributed by atoms with Gasteiger partial charge in [-0.3, -0.25) is 9.69 Å². The van der Waals surface area contributed by atoms with Gasteiger partial charge in [-0.1, -0.05) is 25.2 Å². The summed E-state index contributed by atoms with van der Waals surface area (Å²) in [6, 6.07) is 10.4. The van der Waals surface area contributed by atoms with Crippen molar-refractivity contribution < 1.29 is 9.53 Å². The highest BCUT2D eigenvalue weighted by molar-refractivity contribution is 5.97. The van der Waals surface area contributed by atoms with Crippen molar-refractivity contribution in [1.82, 2.24) is 14.8 Å². The van der Waals surface area contributed by atoms with E-state index in [1.165, 1.54) is 17.0 Å². The average molecular weight is 477 g/mol. The lowest BCUT2D eigenvalue weighted by Gasteiger charge is -2.36. The molecule has 0 atom stereocenters. The minimum atomic E-state index is 0.0447. The second-order valence-electron chi connectivity index (χ2n) is 9.46. The minimum absolute atomic E-state index is 0.0447. The maximum Gasteiger partial charge on any atom is 0.253 e. The minimum Gasteiger partial charge on any atom is -0.497 e. The number of anilines is 1. The zero-order chi connectivity index (χ0) is 24.6. The largest absolute Gasteiger partial charge is 0.497 e. The Bertz CT molecular complexity index is 1040. The van der Waals surface area contributed by atoms with E-state index in [1.54, 1.807) is 7.11 Å². The predicted molar refractivity (Wildman–Crippen MR) is 144 cm³/mol. The number of methoxy groups -OCH3 is 1. The lowest BCUT2D eigenvalue weighted by molar-refractivity contribution is 0.0950. The lowest BCUT2D eigenvalue weighted by Crippen LogP contribution is -2.47. The van der Waals surface area contributed by atoms with E-state index < -0.39 is 0 Å². The molecular formula is C29H40N4O2. The van der Waals surface area contributed by atoms with E-state index in [0.29, 0.717) is 6.54 Å². The Kier molecular flexibility index (Phi) is 8.69. The fourth-order valence-corrected chi connectivity index (χ4v) is 5.05. The van der Waals surface area contributed by atoms with Crippen LogP contribution in [-0.2, 0) is 6.54 Å². The van der Waals surface area contributed by atoms with E-state index in [1.807, 2.05) is 12.1 Å². The van der Waals surface area contributed by atoms with Gasteiger partial charge in [0.25, 0.3) is 5.91 Å². The van der Waals surface area contributed by atoms with Crippen LogP contribution in [0.3, 0.4) is 0 Å². The van der Waals surface area contributed by atoms with Gasteiger partial charge >= 0.3 is 0 Å². The van der Waals surface area contributed by atoms with Crippen molar-refractivity contribution in [3.05, 3.63) is 65.5 Å². The number of hydrogen-bond donors (Lipinski definition) is 1. The molecule has 1 fully saturated rings. The van der Waals surface area contributed by atoms with Gasteiger partial charge in [-0.2, -0.15) is 0 Å². The second kappa shape index (κ2) is 12.1. The molecule has 1 N–H and O–H groups in total. The zero-order valence-corrected chi connectivity index (χ0v) is 21.6. The van der Waals surface area contributed by atoms with Crippen LogP contribution in [0.4, 0.5) is 5.69 Å². The van der Waals surface area contributed by atoms with E-state index in [9.17, 15) is 4.79 Å². The number of carbonyl (C=O) groups excluding carboxylic acids is 1. The van der Waals surface area contributed by atoms with Crippen molar-refractivity contribution in [2.24, 2.45) is 0 Å². The number of rotatable bonds is 10.